The highest BCUT2D eigenvalue weighted by Crippen LogP contribution is 2.26. The Bertz CT molecular complexity index is 1320. The van der Waals surface area contributed by atoms with Crippen LogP contribution < -0.4 is 10.6 Å². The Kier molecular flexibility index (Phi) is 6.25. The molecule has 0 aliphatic rings. The summed E-state index contributed by atoms with van der Waals surface area (Å²) < 4.78 is 0. The summed E-state index contributed by atoms with van der Waals surface area (Å²) in [4.78, 5) is 29.3. The Morgan fingerprint density at radius 3 is 2.34 bits per heavy atom. The smallest absolute Gasteiger partial charge is 0.252 e. The molecule has 1 heterocycles. The molecule has 2 amide bonds. The predicted molar refractivity (Wildman–Crippen MR) is 126 cm³/mol. The first-order valence-electron chi connectivity index (χ1n) is 9.71. The first-order valence-corrected chi connectivity index (χ1v) is 10.5. The second kappa shape index (κ2) is 9.26. The molecule has 4 aromatic rings. The lowest BCUT2D eigenvalue weighted by atomic mass is 10.0. The van der Waals surface area contributed by atoms with Gasteiger partial charge in [-0.2, -0.15) is 0 Å². The van der Waals surface area contributed by atoms with Crippen molar-refractivity contribution in [2.45, 2.75) is 6.04 Å². The van der Waals surface area contributed by atoms with Crippen LogP contribution in [0.5, 0.6) is 0 Å². The summed E-state index contributed by atoms with van der Waals surface area (Å²) in [5.74, 6) is -1.11. The van der Waals surface area contributed by atoms with Gasteiger partial charge >= 0.3 is 0 Å². The average molecular weight is 465 g/mol. The molecule has 1 atom stereocenters. The zero-order valence-corrected chi connectivity index (χ0v) is 18.2. The van der Waals surface area contributed by atoms with Crippen LogP contribution in [0.3, 0.4) is 0 Å². The maximum absolute atomic E-state index is 13.2. The molecule has 0 aliphatic carbocycles. The van der Waals surface area contributed by atoms with Crippen LogP contribution in [0.4, 0.5) is 0 Å². The van der Waals surface area contributed by atoms with Crippen LogP contribution in [-0.2, 0) is 4.79 Å². The molecular formula is C24H18Cl2N4O2. The van der Waals surface area contributed by atoms with Gasteiger partial charge in [-0.25, -0.2) is 0 Å². The number of hydrogen-bond donors (Lipinski definition) is 4. The van der Waals surface area contributed by atoms with Crippen LogP contribution in [0, 0.1) is 5.41 Å². The van der Waals surface area contributed by atoms with Gasteiger partial charge in [0.05, 0.1) is 10.0 Å². The van der Waals surface area contributed by atoms with Crippen molar-refractivity contribution >= 4 is 51.8 Å². The van der Waals surface area contributed by atoms with Crippen molar-refractivity contribution in [2.75, 3.05) is 0 Å². The zero-order valence-electron chi connectivity index (χ0n) is 16.7. The van der Waals surface area contributed by atoms with Gasteiger partial charge in [-0.15, -0.1) is 0 Å². The highest BCUT2D eigenvalue weighted by atomic mass is 35.5. The number of hydrogen-bond acceptors (Lipinski definition) is 3. The van der Waals surface area contributed by atoms with Crippen LogP contribution in [-0.4, -0.2) is 22.6 Å². The number of fused-ring (bicyclic) bond motifs is 1. The maximum atomic E-state index is 13.2. The number of aromatic amines is 1. The van der Waals surface area contributed by atoms with Gasteiger partial charge in [0.2, 0.25) is 0 Å². The number of amidine groups is 1. The van der Waals surface area contributed by atoms with Gasteiger partial charge in [0.15, 0.2) is 0 Å². The van der Waals surface area contributed by atoms with Crippen LogP contribution in [0.25, 0.3) is 10.9 Å². The molecule has 0 saturated heterocycles. The summed E-state index contributed by atoms with van der Waals surface area (Å²) in [5, 5.41) is 15.0. The van der Waals surface area contributed by atoms with Gasteiger partial charge in [-0.05, 0) is 24.3 Å². The van der Waals surface area contributed by atoms with E-state index in [0.29, 0.717) is 16.1 Å². The largest absolute Gasteiger partial charge is 0.361 e. The van der Waals surface area contributed by atoms with E-state index in [2.05, 4.69) is 15.6 Å². The molecular weight excluding hydrogens is 447 g/mol. The minimum absolute atomic E-state index is 0.0655. The van der Waals surface area contributed by atoms with Crippen molar-refractivity contribution in [1.82, 2.24) is 15.6 Å². The summed E-state index contributed by atoms with van der Waals surface area (Å²) in [6, 6.07) is 19.7. The van der Waals surface area contributed by atoms with E-state index in [1.165, 1.54) is 18.2 Å². The highest BCUT2D eigenvalue weighted by molar-refractivity contribution is 6.42. The number of halogens is 2. The molecule has 4 rings (SSSR count). The van der Waals surface area contributed by atoms with E-state index in [-0.39, 0.29) is 16.4 Å². The van der Waals surface area contributed by atoms with Gasteiger partial charge in [-0.1, -0.05) is 71.7 Å². The third kappa shape index (κ3) is 4.51. The fraction of sp³-hybridized carbons (Fsp3) is 0.0417. The molecule has 32 heavy (non-hydrogen) atoms. The quantitative estimate of drug-likeness (QED) is 0.244. The second-order valence-electron chi connectivity index (χ2n) is 7.06. The minimum atomic E-state index is -1.06. The van der Waals surface area contributed by atoms with Gasteiger partial charge in [0.25, 0.3) is 11.8 Å². The average Bonchev–Trinajstić information content (AvgIpc) is 3.23. The Balaban J connectivity index is 1.66. The van der Waals surface area contributed by atoms with E-state index in [0.717, 1.165) is 10.9 Å². The van der Waals surface area contributed by atoms with E-state index in [9.17, 15) is 9.59 Å². The van der Waals surface area contributed by atoms with Gasteiger partial charge in [0, 0.05) is 33.8 Å². The van der Waals surface area contributed by atoms with Crippen molar-refractivity contribution in [3.63, 3.8) is 0 Å². The molecule has 0 aliphatic heterocycles. The topological polar surface area (TPSA) is 97.8 Å². The number of para-hydroxylation sites is 1. The predicted octanol–water partition coefficient (Wildman–Crippen LogP) is 5.09. The van der Waals surface area contributed by atoms with Gasteiger partial charge < -0.3 is 15.6 Å². The number of rotatable bonds is 5. The Morgan fingerprint density at radius 2 is 1.59 bits per heavy atom. The van der Waals surface area contributed by atoms with Crippen LogP contribution in [0.1, 0.15) is 27.5 Å². The third-order valence-electron chi connectivity index (χ3n) is 4.96. The summed E-state index contributed by atoms with van der Waals surface area (Å²) in [6.07, 6.45) is 1.68. The number of amides is 2. The summed E-state index contributed by atoms with van der Waals surface area (Å²) in [7, 11) is 0. The Hall–Kier alpha value is -3.61. The van der Waals surface area contributed by atoms with Gasteiger partial charge in [0.1, 0.15) is 11.9 Å². The summed E-state index contributed by atoms with van der Waals surface area (Å²) in [5.41, 5.74) is 2.21. The fourth-order valence-corrected chi connectivity index (χ4v) is 3.64. The Morgan fingerprint density at radius 1 is 0.875 bits per heavy atom. The monoisotopic (exact) mass is 464 g/mol. The molecule has 4 N–H and O–H groups in total. The highest BCUT2D eigenvalue weighted by Gasteiger charge is 2.27. The van der Waals surface area contributed by atoms with Crippen molar-refractivity contribution in [1.29, 1.82) is 5.41 Å². The van der Waals surface area contributed by atoms with Crippen LogP contribution in [0.15, 0.2) is 79.0 Å². The normalized spacial score (nSPS) is 11.7. The SMILES string of the molecule is N=C(NC(=O)C(NC(=O)c1ccc(Cl)c(Cl)c1)c1c[nH]c2ccccc12)c1ccccc1. The summed E-state index contributed by atoms with van der Waals surface area (Å²) >= 11 is 12.0. The lowest BCUT2D eigenvalue weighted by molar-refractivity contribution is -0.121. The second-order valence-corrected chi connectivity index (χ2v) is 7.87. The number of H-pyrrole nitrogens is 1. The lowest BCUT2D eigenvalue weighted by Gasteiger charge is -2.19. The summed E-state index contributed by atoms with van der Waals surface area (Å²) in [6.45, 7) is 0. The van der Waals surface area contributed by atoms with Crippen molar-refractivity contribution in [3.8, 4) is 0 Å². The Labute approximate surface area is 194 Å². The fourth-order valence-electron chi connectivity index (χ4n) is 3.34. The van der Waals surface area contributed by atoms with Gasteiger partial charge in [-0.3, -0.25) is 15.0 Å². The van der Waals surface area contributed by atoms with E-state index >= 15 is 0 Å². The molecule has 0 radical (unpaired) electrons. The van der Waals surface area contributed by atoms with E-state index in [4.69, 9.17) is 28.6 Å². The molecule has 8 heteroatoms. The number of carbonyl (C=O) groups is 2. The first kappa shape index (κ1) is 21.6. The molecule has 6 nitrogen and oxygen atoms in total. The van der Waals surface area contributed by atoms with E-state index < -0.39 is 17.9 Å². The third-order valence-corrected chi connectivity index (χ3v) is 5.70. The molecule has 0 spiro atoms. The minimum Gasteiger partial charge on any atom is -0.361 e. The number of aromatic nitrogens is 1. The van der Waals surface area contributed by atoms with E-state index in [1.807, 2.05) is 30.3 Å². The molecule has 0 bridgehead atoms. The van der Waals surface area contributed by atoms with Crippen molar-refractivity contribution in [2.24, 2.45) is 0 Å². The van der Waals surface area contributed by atoms with Crippen molar-refractivity contribution in [3.05, 3.63) is 106 Å². The molecule has 1 unspecified atom stereocenters. The van der Waals surface area contributed by atoms with E-state index in [1.54, 1.807) is 30.5 Å². The standard InChI is InChI=1S/C24H18Cl2N4O2/c25-18-11-10-15(12-19(18)26)23(31)29-21(17-13-28-20-9-5-4-8-16(17)20)24(32)30-22(27)14-6-2-1-3-7-14/h1-13,21,28H,(H,29,31)(H2,27,30,32). The molecule has 1 aromatic heterocycles. The molecule has 3 aromatic carbocycles. The maximum Gasteiger partial charge on any atom is 0.252 e. The molecule has 0 fully saturated rings. The number of benzene rings is 3. The number of nitrogens with one attached hydrogen (secondary N) is 4. The molecule has 160 valence electrons. The number of carbonyl (C=O) groups excluding carboxylic acids is 2. The first-order chi connectivity index (χ1) is 15.4. The van der Waals surface area contributed by atoms with Crippen molar-refractivity contribution < 1.29 is 9.59 Å². The van der Waals surface area contributed by atoms with Crippen LogP contribution >= 0.6 is 23.2 Å². The zero-order chi connectivity index (χ0) is 22.7. The lowest BCUT2D eigenvalue weighted by Crippen LogP contribution is -2.42. The van der Waals surface area contributed by atoms with Crippen LogP contribution in [0.2, 0.25) is 10.0 Å². The molecule has 0 saturated carbocycles.